The molecule has 0 bridgehead atoms. The lowest BCUT2D eigenvalue weighted by Gasteiger charge is -2.39. The second-order valence-corrected chi connectivity index (χ2v) is 8.61. The van der Waals surface area contributed by atoms with Crippen molar-refractivity contribution in [1.29, 1.82) is 0 Å². The third-order valence-electron chi connectivity index (χ3n) is 5.77. The van der Waals surface area contributed by atoms with Crippen molar-refractivity contribution in [3.63, 3.8) is 0 Å². The summed E-state index contributed by atoms with van der Waals surface area (Å²) in [7, 11) is 0. The van der Waals surface area contributed by atoms with Gasteiger partial charge in [-0.05, 0) is 36.4 Å². The van der Waals surface area contributed by atoms with E-state index < -0.39 is 5.82 Å². The third kappa shape index (κ3) is 4.23. The molecule has 2 aliphatic heterocycles. The number of carbonyl (C=O) groups is 3. The van der Waals surface area contributed by atoms with E-state index in [2.05, 4.69) is 0 Å². The number of hydrogen-bond acceptors (Lipinski definition) is 4. The van der Waals surface area contributed by atoms with Crippen LogP contribution < -0.4 is 0 Å². The third-order valence-corrected chi connectivity index (χ3v) is 6.63. The summed E-state index contributed by atoms with van der Waals surface area (Å²) in [4.78, 5) is 44.1. The van der Waals surface area contributed by atoms with Crippen LogP contribution in [0.3, 0.4) is 0 Å². The molecule has 0 saturated carbocycles. The molecule has 4 rings (SSSR count). The predicted molar refractivity (Wildman–Crippen MR) is 112 cm³/mol. The molecule has 1 unspecified atom stereocenters. The van der Waals surface area contributed by atoms with Gasteiger partial charge in [0.1, 0.15) is 5.82 Å². The van der Waals surface area contributed by atoms with Crippen molar-refractivity contribution in [1.82, 2.24) is 14.7 Å². The van der Waals surface area contributed by atoms with Crippen LogP contribution in [-0.2, 0) is 4.79 Å². The maximum Gasteiger partial charge on any atom is 0.263 e. The number of benzene rings is 1. The van der Waals surface area contributed by atoms with Gasteiger partial charge >= 0.3 is 0 Å². The number of carbonyl (C=O) groups excluding carboxylic acids is 3. The summed E-state index contributed by atoms with van der Waals surface area (Å²) in [5.74, 6) is -1.06. The quantitative estimate of drug-likeness (QED) is 0.754. The van der Waals surface area contributed by atoms with Crippen LogP contribution in [0.4, 0.5) is 4.39 Å². The van der Waals surface area contributed by atoms with Crippen molar-refractivity contribution in [2.45, 2.75) is 12.8 Å². The zero-order valence-electron chi connectivity index (χ0n) is 16.6. The van der Waals surface area contributed by atoms with Gasteiger partial charge in [-0.3, -0.25) is 14.4 Å². The van der Waals surface area contributed by atoms with Crippen molar-refractivity contribution in [3.8, 4) is 0 Å². The second-order valence-electron chi connectivity index (χ2n) is 7.66. The molecular formula is C22H24FN3O3S. The van der Waals surface area contributed by atoms with Crippen LogP contribution in [-0.4, -0.2) is 71.7 Å². The number of nitrogens with zero attached hydrogens (tertiary/aromatic N) is 3. The Morgan fingerprint density at radius 1 is 0.867 bits per heavy atom. The van der Waals surface area contributed by atoms with Gasteiger partial charge in [0, 0.05) is 39.3 Å². The van der Waals surface area contributed by atoms with Gasteiger partial charge in [-0.25, -0.2) is 4.39 Å². The van der Waals surface area contributed by atoms with Gasteiger partial charge in [-0.2, -0.15) is 0 Å². The van der Waals surface area contributed by atoms with Crippen molar-refractivity contribution < 1.29 is 18.8 Å². The van der Waals surface area contributed by atoms with E-state index in [9.17, 15) is 18.8 Å². The zero-order valence-corrected chi connectivity index (χ0v) is 17.4. The fourth-order valence-electron chi connectivity index (χ4n) is 4.11. The normalized spacial score (nSPS) is 19.6. The van der Waals surface area contributed by atoms with E-state index >= 15 is 0 Å². The molecule has 2 aliphatic rings. The Hall–Kier alpha value is -2.74. The lowest BCUT2D eigenvalue weighted by atomic mass is 9.96. The number of piperazine rings is 1. The van der Waals surface area contributed by atoms with Gasteiger partial charge in [0.25, 0.3) is 11.8 Å². The molecule has 8 heteroatoms. The summed E-state index contributed by atoms with van der Waals surface area (Å²) < 4.78 is 13.9. The monoisotopic (exact) mass is 429 g/mol. The van der Waals surface area contributed by atoms with Crippen LogP contribution in [0.25, 0.3) is 0 Å². The van der Waals surface area contributed by atoms with Crippen LogP contribution >= 0.6 is 11.3 Å². The first-order valence-electron chi connectivity index (χ1n) is 10.2. The highest BCUT2D eigenvalue weighted by molar-refractivity contribution is 7.12. The number of halogens is 1. The van der Waals surface area contributed by atoms with E-state index in [0.29, 0.717) is 44.1 Å². The Bertz CT molecular complexity index is 925. The summed E-state index contributed by atoms with van der Waals surface area (Å²) in [6.07, 6.45) is 1.57. The summed E-state index contributed by atoms with van der Waals surface area (Å²) in [6, 6.07) is 9.62. The smallest absolute Gasteiger partial charge is 0.263 e. The van der Waals surface area contributed by atoms with Crippen molar-refractivity contribution in [2.24, 2.45) is 5.92 Å². The first kappa shape index (κ1) is 20.5. The molecular weight excluding hydrogens is 405 g/mol. The number of thiophene rings is 1. The second kappa shape index (κ2) is 8.95. The van der Waals surface area contributed by atoms with Crippen LogP contribution in [0.5, 0.6) is 0 Å². The summed E-state index contributed by atoms with van der Waals surface area (Å²) in [6.45, 7) is 2.71. The minimum absolute atomic E-state index is 0.0113. The molecule has 2 saturated heterocycles. The molecule has 0 spiro atoms. The van der Waals surface area contributed by atoms with Crippen molar-refractivity contribution >= 4 is 29.1 Å². The van der Waals surface area contributed by atoms with Gasteiger partial charge in [0.15, 0.2) is 0 Å². The number of likely N-dealkylation sites (tertiary alicyclic amines) is 1. The minimum atomic E-state index is -0.529. The molecule has 30 heavy (non-hydrogen) atoms. The molecule has 1 atom stereocenters. The lowest BCUT2D eigenvalue weighted by Crippen LogP contribution is -2.54. The van der Waals surface area contributed by atoms with E-state index in [-0.39, 0.29) is 29.2 Å². The van der Waals surface area contributed by atoms with E-state index in [1.54, 1.807) is 26.8 Å². The Morgan fingerprint density at radius 3 is 2.30 bits per heavy atom. The highest BCUT2D eigenvalue weighted by Crippen LogP contribution is 2.23. The number of hydrogen-bond donors (Lipinski definition) is 0. The fraction of sp³-hybridized carbons (Fsp3) is 0.409. The maximum absolute atomic E-state index is 13.9. The molecule has 6 nitrogen and oxygen atoms in total. The standard InChI is InChI=1S/C22H24FN3O3S/c23-18-7-2-1-6-17(18)21(28)25-12-10-24(11-13-25)20(27)16-5-3-9-26(15-16)22(29)19-8-4-14-30-19/h1-2,4,6-8,14,16H,3,5,9-13,15H2. The molecule has 3 amide bonds. The Morgan fingerprint density at radius 2 is 1.60 bits per heavy atom. The topological polar surface area (TPSA) is 60.9 Å². The molecule has 0 radical (unpaired) electrons. The summed E-state index contributed by atoms with van der Waals surface area (Å²) in [5.41, 5.74) is 0.0623. The highest BCUT2D eigenvalue weighted by atomic mass is 32.1. The van der Waals surface area contributed by atoms with Crippen molar-refractivity contribution in [3.05, 3.63) is 58.0 Å². The van der Waals surface area contributed by atoms with Crippen LogP contribution in [0.15, 0.2) is 41.8 Å². The van der Waals surface area contributed by atoms with Gasteiger partial charge in [-0.1, -0.05) is 18.2 Å². The molecule has 3 heterocycles. The molecule has 2 fully saturated rings. The minimum Gasteiger partial charge on any atom is -0.339 e. The molecule has 158 valence electrons. The molecule has 1 aromatic carbocycles. The lowest BCUT2D eigenvalue weighted by molar-refractivity contribution is -0.138. The number of piperidine rings is 1. The Labute approximate surface area is 178 Å². The van der Waals surface area contributed by atoms with Crippen LogP contribution in [0.2, 0.25) is 0 Å². The molecule has 1 aromatic heterocycles. The van der Waals surface area contributed by atoms with E-state index in [1.807, 2.05) is 17.5 Å². The highest BCUT2D eigenvalue weighted by Gasteiger charge is 2.34. The molecule has 2 aromatic rings. The van der Waals surface area contributed by atoms with Gasteiger partial charge in [0.05, 0.1) is 16.4 Å². The van der Waals surface area contributed by atoms with Crippen LogP contribution in [0, 0.1) is 11.7 Å². The Balaban J connectivity index is 1.33. The summed E-state index contributed by atoms with van der Waals surface area (Å²) >= 11 is 1.41. The fourth-order valence-corrected chi connectivity index (χ4v) is 4.80. The maximum atomic E-state index is 13.9. The number of amides is 3. The number of rotatable bonds is 3. The van der Waals surface area contributed by atoms with Gasteiger partial charge in [-0.15, -0.1) is 11.3 Å². The van der Waals surface area contributed by atoms with Crippen molar-refractivity contribution in [2.75, 3.05) is 39.3 Å². The Kier molecular flexibility index (Phi) is 6.13. The van der Waals surface area contributed by atoms with Gasteiger partial charge in [0.2, 0.25) is 5.91 Å². The van der Waals surface area contributed by atoms with E-state index in [1.165, 1.54) is 23.5 Å². The first-order valence-corrected chi connectivity index (χ1v) is 11.1. The van der Waals surface area contributed by atoms with Crippen LogP contribution in [0.1, 0.15) is 32.9 Å². The first-order chi connectivity index (χ1) is 14.5. The largest absolute Gasteiger partial charge is 0.339 e. The SMILES string of the molecule is O=C(c1cccs1)N1CCCC(C(=O)N2CCN(C(=O)c3ccccc3F)CC2)C1. The predicted octanol–water partition coefficient (Wildman–Crippen LogP) is 2.72. The van der Waals surface area contributed by atoms with E-state index in [4.69, 9.17) is 0 Å². The average Bonchev–Trinajstić information content (AvgIpc) is 3.33. The summed E-state index contributed by atoms with van der Waals surface area (Å²) in [5, 5.41) is 1.88. The zero-order chi connectivity index (χ0) is 21.1. The molecule has 0 N–H and O–H groups in total. The average molecular weight is 430 g/mol. The molecule has 0 aliphatic carbocycles. The van der Waals surface area contributed by atoms with Gasteiger partial charge < -0.3 is 14.7 Å². The van der Waals surface area contributed by atoms with E-state index in [0.717, 1.165) is 12.8 Å².